The molecule has 0 aromatic carbocycles. The monoisotopic (exact) mass is 268 g/mol. The molecule has 0 aromatic rings. The van der Waals surface area contributed by atoms with Crippen molar-refractivity contribution in [3.05, 3.63) is 12.2 Å². The molecule has 1 aliphatic rings. The Morgan fingerprint density at radius 3 is 2.16 bits per heavy atom. The molecule has 1 rings (SSSR count). The van der Waals surface area contributed by atoms with E-state index in [4.69, 9.17) is 9.47 Å². The van der Waals surface area contributed by atoms with Crippen molar-refractivity contribution in [2.24, 2.45) is 0 Å². The minimum absolute atomic E-state index is 0.128. The van der Waals surface area contributed by atoms with E-state index < -0.39 is 17.2 Å². The summed E-state index contributed by atoms with van der Waals surface area (Å²) in [5.74, 6) is -0.741. The molecule has 0 bridgehead atoms. The second kappa shape index (κ2) is 5.76. The molecule has 1 aliphatic carbocycles. The quantitative estimate of drug-likeness (QED) is 0.580. The largest absolute Gasteiger partial charge is 0.460 e. The highest BCUT2D eigenvalue weighted by Gasteiger charge is 2.41. The Kier molecular flexibility index (Phi) is 4.77. The highest BCUT2D eigenvalue weighted by Crippen LogP contribution is 2.37. The van der Waals surface area contributed by atoms with Crippen LogP contribution in [0.5, 0.6) is 0 Å². The second-order valence-electron chi connectivity index (χ2n) is 6.32. The minimum Gasteiger partial charge on any atom is -0.460 e. The summed E-state index contributed by atoms with van der Waals surface area (Å²) in [6.45, 7) is 10.7. The molecule has 0 atom stereocenters. The fraction of sp³-hybridized carbons (Fsp3) is 0.733. The molecular formula is C15H24O4. The van der Waals surface area contributed by atoms with Crippen LogP contribution in [0.2, 0.25) is 0 Å². The zero-order valence-corrected chi connectivity index (χ0v) is 12.4. The molecule has 0 aliphatic heterocycles. The van der Waals surface area contributed by atoms with Crippen molar-refractivity contribution in [3.63, 3.8) is 0 Å². The van der Waals surface area contributed by atoms with Crippen LogP contribution in [0.3, 0.4) is 0 Å². The zero-order chi connectivity index (χ0) is 14.7. The molecule has 1 saturated carbocycles. The Bertz CT molecular complexity index is 370. The van der Waals surface area contributed by atoms with Crippen molar-refractivity contribution >= 4 is 11.9 Å². The van der Waals surface area contributed by atoms with Gasteiger partial charge in [-0.1, -0.05) is 6.58 Å². The number of hydrogen-bond donors (Lipinski definition) is 0. The number of hydrogen-bond acceptors (Lipinski definition) is 4. The molecule has 0 N–H and O–H groups in total. The molecule has 0 radical (unpaired) electrons. The Morgan fingerprint density at radius 2 is 1.74 bits per heavy atom. The topological polar surface area (TPSA) is 52.6 Å². The van der Waals surface area contributed by atoms with E-state index in [-0.39, 0.29) is 12.4 Å². The molecule has 4 heteroatoms. The van der Waals surface area contributed by atoms with Gasteiger partial charge in [0.25, 0.3) is 0 Å². The van der Waals surface area contributed by atoms with Crippen LogP contribution in [-0.2, 0) is 19.1 Å². The lowest BCUT2D eigenvalue weighted by Crippen LogP contribution is -2.37. The van der Waals surface area contributed by atoms with Crippen molar-refractivity contribution in [1.29, 1.82) is 0 Å². The van der Waals surface area contributed by atoms with Gasteiger partial charge in [-0.25, -0.2) is 4.79 Å². The van der Waals surface area contributed by atoms with Gasteiger partial charge in [-0.15, -0.1) is 0 Å². The highest BCUT2D eigenvalue weighted by atomic mass is 16.6. The second-order valence-corrected chi connectivity index (χ2v) is 6.32. The van der Waals surface area contributed by atoms with Crippen LogP contribution in [-0.4, -0.2) is 23.1 Å². The van der Waals surface area contributed by atoms with Gasteiger partial charge in [0, 0.05) is 5.57 Å². The SMILES string of the molecule is C=C(C)C(=O)OC1(CC(=O)OC(C)(C)C)CCCC1. The Balaban J connectivity index is 2.69. The first kappa shape index (κ1) is 15.7. The Hall–Kier alpha value is -1.32. The molecule has 4 nitrogen and oxygen atoms in total. The van der Waals surface area contributed by atoms with Crippen LogP contribution in [0.25, 0.3) is 0 Å². The summed E-state index contributed by atoms with van der Waals surface area (Å²) in [5.41, 5.74) is -0.858. The van der Waals surface area contributed by atoms with Gasteiger partial charge < -0.3 is 9.47 Å². The maximum Gasteiger partial charge on any atom is 0.333 e. The molecule has 108 valence electrons. The first-order valence-electron chi connectivity index (χ1n) is 6.74. The van der Waals surface area contributed by atoms with Gasteiger partial charge >= 0.3 is 11.9 Å². The summed E-state index contributed by atoms with van der Waals surface area (Å²) in [7, 11) is 0. The van der Waals surface area contributed by atoms with Crippen LogP contribution in [0.4, 0.5) is 0 Å². The number of rotatable bonds is 4. The molecule has 0 unspecified atom stereocenters. The zero-order valence-electron chi connectivity index (χ0n) is 12.4. The summed E-state index contributed by atoms with van der Waals surface area (Å²) >= 11 is 0. The van der Waals surface area contributed by atoms with Crippen LogP contribution in [0.15, 0.2) is 12.2 Å². The van der Waals surface area contributed by atoms with Gasteiger partial charge in [-0.05, 0) is 53.4 Å². The summed E-state index contributed by atoms with van der Waals surface area (Å²) < 4.78 is 10.8. The smallest absolute Gasteiger partial charge is 0.333 e. The first-order chi connectivity index (χ1) is 8.64. The average Bonchev–Trinajstić information content (AvgIpc) is 2.62. The average molecular weight is 268 g/mol. The van der Waals surface area contributed by atoms with E-state index in [1.165, 1.54) is 0 Å². The Labute approximate surface area is 115 Å². The molecule has 19 heavy (non-hydrogen) atoms. The van der Waals surface area contributed by atoms with E-state index in [0.29, 0.717) is 18.4 Å². The molecule has 0 spiro atoms. The molecule has 0 saturated heterocycles. The lowest BCUT2D eigenvalue weighted by molar-refractivity contribution is -0.168. The van der Waals surface area contributed by atoms with Gasteiger partial charge in [0.05, 0.1) is 6.42 Å². The van der Waals surface area contributed by atoms with Gasteiger partial charge in [0.1, 0.15) is 11.2 Å². The predicted molar refractivity (Wildman–Crippen MR) is 72.6 cm³/mol. The third-order valence-corrected chi connectivity index (χ3v) is 3.06. The predicted octanol–water partition coefficient (Wildman–Crippen LogP) is 3.15. The van der Waals surface area contributed by atoms with Crippen molar-refractivity contribution in [2.45, 2.75) is 71.0 Å². The summed E-state index contributed by atoms with van der Waals surface area (Å²) in [4.78, 5) is 23.6. The third kappa shape index (κ3) is 5.05. The fourth-order valence-corrected chi connectivity index (χ4v) is 2.26. The summed E-state index contributed by atoms with van der Waals surface area (Å²) in [6, 6.07) is 0. The first-order valence-corrected chi connectivity index (χ1v) is 6.74. The van der Waals surface area contributed by atoms with Gasteiger partial charge in [0.2, 0.25) is 0 Å². The van der Waals surface area contributed by atoms with Crippen molar-refractivity contribution < 1.29 is 19.1 Å². The van der Waals surface area contributed by atoms with Crippen LogP contribution >= 0.6 is 0 Å². The van der Waals surface area contributed by atoms with E-state index in [1.54, 1.807) is 6.92 Å². The number of ether oxygens (including phenoxy) is 2. The standard InChI is InChI=1S/C15H24O4/c1-11(2)13(17)19-15(8-6-7-9-15)10-12(16)18-14(3,4)5/h1,6-10H2,2-5H3. The number of carbonyl (C=O) groups excluding carboxylic acids is 2. The van der Waals surface area contributed by atoms with Crippen molar-refractivity contribution in [2.75, 3.05) is 0 Å². The summed E-state index contributed by atoms with van der Waals surface area (Å²) in [5, 5.41) is 0. The fourth-order valence-electron chi connectivity index (χ4n) is 2.26. The number of esters is 2. The minimum atomic E-state index is -0.696. The normalized spacial score (nSPS) is 17.9. The molecule has 0 heterocycles. The van der Waals surface area contributed by atoms with Crippen LogP contribution in [0.1, 0.15) is 59.8 Å². The van der Waals surface area contributed by atoms with Crippen LogP contribution < -0.4 is 0 Å². The van der Waals surface area contributed by atoms with Gasteiger partial charge in [-0.3, -0.25) is 4.79 Å². The molecule has 1 fully saturated rings. The third-order valence-electron chi connectivity index (χ3n) is 3.06. The molecule has 0 aromatic heterocycles. The van der Waals surface area contributed by atoms with Crippen LogP contribution in [0, 0.1) is 0 Å². The molecule has 0 amide bonds. The lowest BCUT2D eigenvalue weighted by atomic mass is 9.97. The van der Waals surface area contributed by atoms with Gasteiger partial charge in [-0.2, -0.15) is 0 Å². The molecular weight excluding hydrogens is 244 g/mol. The van der Waals surface area contributed by atoms with E-state index in [1.807, 2.05) is 20.8 Å². The van der Waals surface area contributed by atoms with E-state index in [0.717, 1.165) is 12.8 Å². The lowest BCUT2D eigenvalue weighted by Gasteiger charge is -2.30. The highest BCUT2D eigenvalue weighted by molar-refractivity contribution is 5.87. The van der Waals surface area contributed by atoms with E-state index in [2.05, 4.69) is 6.58 Å². The number of carbonyl (C=O) groups is 2. The summed E-state index contributed by atoms with van der Waals surface area (Å²) in [6.07, 6.45) is 3.48. The van der Waals surface area contributed by atoms with Crippen molar-refractivity contribution in [1.82, 2.24) is 0 Å². The van der Waals surface area contributed by atoms with E-state index >= 15 is 0 Å². The maximum atomic E-state index is 11.9. The van der Waals surface area contributed by atoms with Gasteiger partial charge in [0.15, 0.2) is 0 Å². The van der Waals surface area contributed by atoms with E-state index in [9.17, 15) is 9.59 Å². The Morgan fingerprint density at radius 1 is 1.21 bits per heavy atom. The van der Waals surface area contributed by atoms with Crippen molar-refractivity contribution in [3.8, 4) is 0 Å². The maximum absolute atomic E-state index is 11.9.